The third-order valence-corrected chi connectivity index (χ3v) is 3.31. The summed E-state index contributed by atoms with van der Waals surface area (Å²) in [6.45, 7) is 0.804. The van der Waals surface area contributed by atoms with Crippen LogP contribution in [0, 0.1) is 5.41 Å². The quantitative estimate of drug-likeness (QED) is 0.824. The summed E-state index contributed by atoms with van der Waals surface area (Å²) >= 11 is 0. The molecule has 0 radical (unpaired) electrons. The van der Waals surface area contributed by atoms with Crippen molar-refractivity contribution in [3.05, 3.63) is 35.4 Å². The van der Waals surface area contributed by atoms with Crippen LogP contribution in [0.15, 0.2) is 24.3 Å². The minimum Gasteiger partial charge on any atom is -0.481 e. The summed E-state index contributed by atoms with van der Waals surface area (Å²) in [7, 11) is 0. The van der Waals surface area contributed by atoms with Crippen LogP contribution in [-0.2, 0) is 22.6 Å². The number of ether oxygens (including phenoxy) is 1. The average molecular weight is 236 g/mol. The molecule has 1 atom stereocenters. The number of aliphatic hydroxyl groups is 1. The standard InChI is InChI=1S/C13H16O4/c14-8-11-3-1-10(2-4-11)7-13(12(15)16)5-6-17-9-13/h1-4,14H,5-9H2,(H,15,16). The molecule has 0 spiro atoms. The molecule has 1 aliphatic heterocycles. The second-order valence-corrected chi connectivity index (χ2v) is 4.54. The first-order valence-electron chi connectivity index (χ1n) is 5.66. The van der Waals surface area contributed by atoms with Gasteiger partial charge in [0, 0.05) is 6.61 Å². The number of carbonyl (C=O) groups is 1. The number of hydrogen-bond acceptors (Lipinski definition) is 3. The molecular formula is C13H16O4. The van der Waals surface area contributed by atoms with E-state index in [9.17, 15) is 9.90 Å². The molecule has 0 aliphatic carbocycles. The Morgan fingerprint density at radius 1 is 1.29 bits per heavy atom. The van der Waals surface area contributed by atoms with Gasteiger partial charge >= 0.3 is 5.97 Å². The molecule has 4 heteroatoms. The Bertz CT molecular complexity index is 390. The number of rotatable bonds is 4. The van der Waals surface area contributed by atoms with Crippen LogP contribution in [0.3, 0.4) is 0 Å². The van der Waals surface area contributed by atoms with E-state index in [0.717, 1.165) is 11.1 Å². The summed E-state index contributed by atoms with van der Waals surface area (Å²) in [5.74, 6) is -0.791. The molecule has 0 amide bonds. The lowest BCUT2D eigenvalue weighted by atomic mass is 9.81. The third kappa shape index (κ3) is 2.48. The summed E-state index contributed by atoms with van der Waals surface area (Å²) in [5.41, 5.74) is 1.02. The fourth-order valence-corrected chi connectivity index (χ4v) is 2.14. The maximum Gasteiger partial charge on any atom is 0.312 e. The summed E-state index contributed by atoms with van der Waals surface area (Å²) < 4.78 is 5.22. The lowest BCUT2D eigenvalue weighted by Gasteiger charge is -2.22. The SMILES string of the molecule is O=C(O)C1(Cc2ccc(CO)cc2)CCOC1. The van der Waals surface area contributed by atoms with Crippen LogP contribution in [0.2, 0.25) is 0 Å². The highest BCUT2D eigenvalue weighted by atomic mass is 16.5. The van der Waals surface area contributed by atoms with Gasteiger partial charge in [0.25, 0.3) is 0 Å². The van der Waals surface area contributed by atoms with Gasteiger partial charge in [0.1, 0.15) is 0 Å². The van der Waals surface area contributed by atoms with E-state index in [1.54, 1.807) is 0 Å². The van der Waals surface area contributed by atoms with Crippen molar-refractivity contribution in [3.63, 3.8) is 0 Å². The zero-order valence-electron chi connectivity index (χ0n) is 9.56. The largest absolute Gasteiger partial charge is 0.481 e. The Kier molecular flexibility index (Phi) is 3.45. The average Bonchev–Trinajstić information content (AvgIpc) is 2.80. The molecule has 2 N–H and O–H groups in total. The lowest BCUT2D eigenvalue weighted by Crippen LogP contribution is -2.33. The fourth-order valence-electron chi connectivity index (χ4n) is 2.14. The lowest BCUT2D eigenvalue weighted by molar-refractivity contribution is -0.148. The number of hydrogen-bond donors (Lipinski definition) is 2. The number of aliphatic hydroxyl groups excluding tert-OH is 1. The van der Waals surface area contributed by atoms with Crippen LogP contribution < -0.4 is 0 Å². The highest BCUT2D eigenvalue weighted by Crippen LogP contribution is 2.33. The Hall–Kier alpha value is -1.39. The molecule has 1 heterocycles. The van der Waals surface area contributed by atoms with Gasteiger partial charge in [-0.3, -0.25) is 4.79 Å². The van der Waals surface area contributed by atoms with Crippen molar-refractivity contribution in [2.75, 3.05) is 13.2 Å². The van der Waals surface area contributed by atoms with E-state index < -0.39 is 11.4 Å². The molecule has 1 aromatic carbocycles. The summed E-state index contributed by atoms with van der Waals surface area (Å²) in [6, 6.07) is 7.38. The number of carboxylic acid groups (broad SMARTS) is 1. The molecule has 92 valence electrons. The molecule has 1 fully saturated rings. The van der Waals surface area contributed by atoms with E-state index in [1.165, 1.54) is 0 Å². The predicted molar refractivity (Wildman–Crippen MR) is 61.6 cm³/mol. The van der Waals surface area contributed by atoms with Crippen molar-refractivity contribution in [2.24, 2.45) is 5.41 Å². The monoisotopic (exact) mass is 236 g/mol. The smallest absolute Gasteiger partial charge is 0.312 e. The van der Waals surface area contributed by atoms with Crippen LogP contribution in [0.25, 0.3) is 0 Å². The molecule has 2 rings (SSSR count). The molecule has 0 aromatic heterocycles. The van der Waals surface area contributed by atoms with Gasteiger partial charge in [-0.15, -0.1) is 0 Å². The van der Waals surface area contributed by atoms with Crippen LogP contribution in [0.4, 0.5) is 0 Å². The molecule has 1 saturated heterocycles. The molecule has 1 aromatic rings. The van der Waals surface area contributed by atoms with Crippen molar-refractivity contribution in [2.45, 2.75) is 19.4 Å². The molecule has 17 heavy (non-hydrogen) atoms. The molecule has 0 saturated carbocycles. The minimum atomic E-state index is -0.791. The summed E-state index contributed by atoms with van der Waals surface area (Å²) in [5, 5.41) is 18.2. The Labute approximate surface area is 99.8 Å². The summed E-state index contributed by atoms with van der Waals surface area (Å²) in [6.07, 6.45) is 1.04. The van der Waals surface area contributed by atoms with Crippen LogP contribution in [0.5, 0.6) is 0 Å². The maximum absolute atomic E-state index is 11.3. The van der Waals surface area contributed by atoms with Crippen molar-refractivity contribution < 1.29 is 19.7 Å². The topological polar surface area (TPSA) is 66.8 Å². The van der Waals surface area contributed by atoms with Gasteiger partial charge in [-0.05, 0) is 24.0 Å². The van der Waals surface area contributed by atoms with Gasteiger partial charge in [0.05, 0.1) is 18.6 Å². The van der Waals surface area contributed by atoms with Crippen molar-refractivity contribution in [1.29, 1.82) is 0 Å². The number of aliphatic carboxylic acids is 1. The third-order valence-electron chi connectivity index (χ3n) is 3.31. The van der Waals surface area contributed by atoms with E-state index in [2.05, 4.69) is 0 Å². The molecule has 1 unspecified atom stereocenters. The van der Waals surface area contributed by atoms with Gasteiger partial charge in [-0.1, -0.05) is 24.3 Å². The minimum absolute atomic E-state index is 0.00741. The van der Waals surface area contributed by atoms with Gasteiger partial charge in [-0.2, -0.15) is 0 Å². The fraction of sp³-hybridized carbons (Fsp3) is 0.462. The first kappa shape index (κ1) is 12.1. The molecule has 0 bridgehead atoms. The van der Waals surface area contributed by atoms with Crippen molar-refractivity contribution in [3.8, 4) is 0 Å². The highest BCUT2D eigenvalue weighted by Gasteiger charge is 2.42. The first-order chi connectivity index (χ1) is 8.16. The van der Waals surface area contributed by atoms with Crippen LogP contribution >= 0.6 is 0 Å². The van der Waals surface area contributed by atoms with E-state index >= 15 is 0 Å². The highest BCUT2D eigenvalue weighted by molar-refractivity contribution is 5.75. The maximum atomic E-state index is 11.3. The van der Waals surface area contributed by atoms with Gasteiger partial charge in [-0.25, -0.2) is 0 Å². The zero-order chi connectivity index (χ0) is 12.3. The normalized spacial score (nSPS) is 23.8. The predicted octanol–water partition coefficient (Wildman–Crippen LogP) is 1.21. The Morgan fingerprint density at radius 3 is 2.41 bits per heavy atom. The number of benzene rings is 1. The van der Waals surface area contributed by atoms with E-state index in [4.69, 9.17) is 9.84 Å². The zero-order valence-corrected chi connectivity index (χ0v) is 9.56. The van der Waals surface area contributed by atoms with Gasteiger partial charge in [0.15, 0.2) is 0 Å². The first-order valence-corrected chi connectivity index (χ1v) is 5.66. The van der Waals surface area contributed by atoms with Gasteiger partial charge < -0.3 is 14.9 Å². The second-order valence-electron chi connectivity index (χ2n) is 4.54. The van der Waals surface area contributed by atoms with Crippen LogP contribution in [0.1, 0.15) is 17.5 Å². The summed E-state index contributed by atoms with van der Waals surface area (Å²) in [4.78, 5) is 11.3. The van der Waals surface area contributed by atoms with Crippen molar-refractivity contribution >= 4 is 5.97 Å². The Balaban J connectivity index is 2.15. The molecule has 4 nitrogen and oxygen atoms in total. The van der Waals surface area contributed by atoms with Gasteiger partial charge in [0.2, 0.25) is 0 Å². The molecular weight excluding hydrogens is 220 g/mol. The number of carboxylic acids is 1. The van der Waals surface area contributed by atoms with E-state index in [0.29, 0.717) is 19.4 Å². The second kappa shape index (κ2) is 4.85. The van der Waals surface area contributed by atoms with Crippen molar-refractivity contribution in [1.82, 2.24) is 0 Å². The molecule has 1 aliphatic rings. The van der Waals surface area contributed by atoms with E-state index in [1.807, 2.05) is 24.3 Å². The van der Waals surface area contributed by atoms with E-state index in [-0.39, 0.29) is 13.2 Å². The Morgan fingerprint density at radius 2 is 1.94 bits per heavy atom. The van der Waals surface area contributed by atoms with Crippen LogP contribution in [-0.4, -0.2) is 29.4 Å².